The van der Waals surface area contributed by atoms with E-state index in [0.29, 0.717) is 5.56 Å². The standard InChI is InChI=1S/C24H35NO4/c1-14-19(25-15(2)26)13-24(6)22(3,4)8-7-9-23(24,5)20(14)21(29)16-10-17(27)12-18(28)11-16/h10-12,14,19-20,27-28H,7-9,13H2,1-6H3,(H,25,26)/t14-,19-,20-,23-,24+/m1/s1. The SMILES string of the molecule is CC(=O)N[C@@H]1C[C@@]2(C)C(C)(C)CCC[C@]2(C)[C@@H](C(=O)c2cc(O)cc(O)c2)[C@@H]1C. The Morgan fingerprint density at radius 1 is 1.03 bits per heavy atom. The third-order valence-electron chi connectivity index (χ3n) is 8.59. The number of benzene rings is 1. The second kappa shape index (κ2) is 7.03. The van der Waals surface area contributed by atoms with Crippen LogP contribution in [0.2, 0.25) is 0 Å². The lowest BCUT2D eigenvalue weighted by Crippen LogP contribution is -2.65. The van der Waals surface area contributed by atoms with E-state index in [9.17, 15) is 19.8 Å². The van der Waals surface area contributed by atoms with Gasteiger partial charge < -0.3 is 15.5 Å². The molecule has 0 unspecified atom stereocenters. The van der Waals surface area contributed by atoms with Gasteiger partial charge in [0, 0.05) is 30.5 Å². The zero-order valence-corrected chi connectivity index (χ0v) is 18.5. The van der Waals surface area contributed by atoms with E-state index < -0.39 is 0 Å². The van der Waals surface area contributed by atoms with Gasteiger partial charge in [-0.3, -0.25) is 9.59 Å². The highest BCUT2D eigenvalue weighted by atomic mass is 16.3. The first kappa shape index (κ1) is 21.7. The van der Waals surface area contributed by atoms with E-state index in [0.717, 1.165) is 25.7 Å². The van der Waals surface area contributed by atoms with Gasteiger partial charge in [0.1, 0.15) is 11.5 Å². The molecule has 0 bridgehead atoms. The van der Waals surface area contributed by atoms with E-state index in [-0.39, 0.29) is 57.3 Å². The summed E-state index contributed by atoms with van der Waals surface area (Å²) in [5.41, 5.74) is -0.0378. The molecule has 0 radical (unpaired) electrons. The molecule has 0 heterocycles. The van der Waals surface area contributed by atoms with E-state index in [2.05, 4.69) is 39.9 Å². The van der Waals surface area contributed by atoms with Crippen LogP contribution in [0.5, 0.6) is 11.5 Å². The summed E-state index contributed by atoms with van der Waals surface area (Å²) in [6.07, 6.45) is 3.94. The predicted octanol–water partition coefficient (Wildman–Crippen LogP) is 4.66. The summed E-state index contributed by atoms with van der Waals surface area (Å²) in [5, 5.41) is 23.0. The molecule has 1 amide bonds. The van der Waals surface area contributed by atoms with Gasteiger partial charge in [0.2, 0.25) is 5.91 Å². The van der Waals surface area contributed by atoms with Crippen molar-refractivity contribution >= 4 is 11.7 Å². The molecular formula is C24H35NO4. The van der Waals surface area contributed by atoms with Crippen molar-refractivity contribution in [2.75, 3.05) is 0 Å². The average Bonchev–Trinajstić information content (AvgIpc) is 2.57. The van der Waals surface area contributed by atoms with Crippen LogP contribution in [-0.4, -0.2) is 27.9 Å². The molecule has 160 valence electrons. The molecule has 5 nitrogen and oxygen atoms in total. The summed E-state index contributed by atoms with van der Waals surface area (Å²) < 4.78 is 0. The Kier molecular flexibility index (Phi) is 5.25. The van der Waals surface area contributed by atoms with E-state index >= 15 is 0 Å². The molecule has 2 aliphatic carbocycles. The fourth-order valence-corrected chi connectivity index (χ4v) is 6.56. The molecule has 0 aliphatic heterocycles. The Balaban J connectivity index is 2.15. The predicted molar refractivity (Wildman–Crippen MR) is 113 cm³/mol. The zero-order valence-electron chi connectivity index (χ0n) is 18.5. The van der Waals surface area contributed by atoms with Gasteiger partial charge in [-0.1, -0.05) is 41.0 Å². The van der Waals surface area contributed by atoms with Crippen LogP contribution >= 0.6 is 0 Å². The number of carbonyl (C=O) groups is 2. The van der Waals surface area contributed by atoms with Crippen LogP contribution in [0.3, 0.4) is 0 Å². The van der Waals surface area contributed by atoms with Crippen LogP contribution in [0.4, 0.5) is 0 Å². The van der Waals surface area contributed by atoms with Gasteiger partial charge in [0.05, 0.1) is 0 Å². The van der Waals surface area contributed by atoms with Crippen molar-refractivity contribution in [1.29, 1.82) is 0 Å². The molecule has 1 aromatic rings. The van der Waals surface area contributed by atoms with Crippen LogP contribution < -0.4 is 5.32 Å². The van der Waals surface area contributed by atoms with Gasteiger partial charge in [-0.25, -0.2) is 0 Å². The molecule has 3 rings (SSSR count). The van der Waals surface area contributed by atoms with Crippen molar-refractivity contribution in [1.82, 2.24) is 5.32 Å². The minimum Gasteiger partial charge on any atom is -0.508 e. The second-order valence-corrected chi connectivity index (χ2v) is 10.4. The van der Waals surface area contributed by atoms with Crippen molar-refractivity contribution < 1.29 is 19.8 Å². The first-order valence-electron chi connectivity index (χ1n) is 10.7. The van der Waals surface area contributed by atoms with E-state index in [1.54, 1.807) is 0 Å². The van der Waals surface area contributed by atoms with Crippen molar-refractivity contribution in [3.63, 3.8) is 0 Å². The molecule has 2 aliphatic rings. The van der Waals surface area contributed by atoms with Crippen molar-refractivity contribution in [2.45, 2.75) is 73.3 Å². The first-order chi connectivity index (χ1) is 13.3. The van der Waals surface area contributed by atoms with Crippen LogP contribution in [-0.2, 0) is 4.79 Å². The fourth-order valence-electron chi connectivity index (χ4n) is 6.56. The molecule has 0 aromatic heterocycles. The summed E-state index contributed by atoms with van der Waals surface area (Å²) in [4.78, 5) is 25.8. The van der Waals surface area contributed by atoms with Gasteiger partial charge in [-0.2, -0.15) is 0 Å². The number of phenolic OH excluding ortho intramolecular Hbond substituents is 2. The molecule has 5 heteroatoms. The summed E-state index contributed by atoms with van der Waals surface area (Å²) in [7, 11) is 0. The lowest BCUT2D eigenvalue weighted by atomic mass is 9.38. The Morgan fingerprint density at radius 2 is 1.62 bits per heavy atom. The molecule has 2 fully saturated rings. The van der Waals surface area contributed by atoms with Crippen LogP contribution in [0.25, 0.3) is 0 Å². The number of nitrogens with one attached hydrogen (secondary N) is 1. The number of ketones is 1. The van der Waals surface area contributed by atoms with Gasteiger partial charge >= 0.3 is 0 Å². The first-order valence-corrected chi connectivity index (χ1v) is 10.7. The highest BCUT2D eigenvalue weighted by Gasteiger charge is 2.65. The molecule has 0 saturated heterocycles. The van der Waals surface area contributed by atoms with Crippen molar-refractivity contribution in [2.24, 2.45) is 28.1 Å². The Labute approximate surface area is 173 Å². The maximum absolute atomic E-state index is 13.8. The monoisotopic (exact) mass is 401 g/mol. The summed E-state index contributed by atoms with van der Waals surface area (Å²) in [6, 6.07) is 4.01. The smallest absolute Gasteiger partial charge is 0.217 e. The van der Waals surface area contributed by atoms with Gasteiger partial charge in [0.25, 0.3) is 0 Å². The van der Waals surface area contributed by atoms with Crippen LogP contribution in [0, 0.1) is 28.1 Å². The highest BCUT2D eigenvalue weighted by molar-refractivity contribution is 5.99. The number of phenols is 2. The minimum absolute atomic E-state index is 0.0242. The number of Topliss-reactive ketones (excluding diaryl/α,β-unsaturated/α-hetero) is 1. The number of hydrogen-bond donors (Lipinski definition) is 3. The number of amides is 1. The van der Waals surface area contributed by atoms with Crippen LogP contribution in [0.15, 0.2) is 18.2 Å². The van der Waals surface area contributed by atoms with Gasteiger partial charge in [-0.15, -0.1) is 0 Å². The lowest BCUT2D eigenvalue weighted by Gasteiger charge is -2.67. The number of rotatable bonds is 3. The summed E-state index contributed by atoms with van der Waals surface area (Å²) in [6.45, 7) is 12.7. The second-order valence-electron chi connectivity index (χ2n) is 10.4. The molecule has 1 aromatic carbocycles. The summed E-state index contributed by atoms with van der Waals surface area (Å²) >= 11 is 0. The number of aromatic hydroxyl groups is 2. The third-order valence-corrected chi connectivity index (χ3v) is 8.59. The fraction of sp³-hybridized carbons (Fsp3) is 0.667. The molecule has 29 heavy (non-hydrogen) atoms. The lowest BCUT2D eigenvalue weighted by molar-refractivity contribution is -0.166. The third kappa shape index (κ3) is 3.32. The van der Waals surface area contributed by atoms with Crippen molar-refractivity contribution in [3.8, 4) is 11.5 Å². The average molecular weight is 402 g/mol. The summed E-state index contributed by atoms with van der Waals surface area (Å²) in [5.74, 6) is -0.755. The molecule has 3 N–H and O–H groups in total. The number of hydrogen-bond acceptors (Lipinski definition) is 4. The highest BCUT2D eigenvalue weighted by Crippen LogP contribution is 2.68. The molecule has 0 spiro atoms. The van der Waals surface area contributed by atoms with E-state index in [4.69, 9.17) is 0 Å². The molecular weight excluding hydrogens is 366 g/mol. The topological polar surface area (TPSA) is 86.6 Å². The Bertz CT molecular complexity index is 812. The number of fused-ring (bicyclic) bond motifs is 1. The minimum atomic E-state index is -0.320. The normalized spacial score (nSPS) is 36.1. The van der Waals surface area contributed by atoms with Crippen LogP contribution in [0.1, 0.15) is 77.6 Å². The van der Waals surface area contributed by atoms with Gasteiger partial charge in [-0.05, 0) is 53.6 Å². The van der Waals surface area contributed by atoms with E-state index in [1.165, 1.54) is 25.1 Å². The van der Waals surface area contributed by atoms with Gasteiger partial charge in [0.15, 0.2) is 5.78 Å². The Hall–Kier alpha value is -2.04. The largest absolute Gasteiger partial charge is 0.508 e. The molecule has 2 saturated carbocycles. The van der Waals surface area contributed by atoms with Crippen molar-refractivity contribution in [3.05, 3.63) is 23.8 Å². The Morgan fingerprint density at radius 3 is 2.17 bits per heavy atom. The maximum Gasteiger partial charge on any atom is 0.217 e. The zero-order chi connectivity index (χ0) is 21.8. The quantitative estimate of drug-likeness (QED) is 0.643. The van der Waals surface area contributed by atoms with E-state index in [1.807, 2.05) is 0 Å². The number of carbonyl (C=O) groups excluding carboxylic acids is 2. The maximum atomic E-state index is 13.8. The molecule has 5 atom stereocenters.